The fourth-order valence-corrected chi connectivity index (χ4v) is 3.09. The molecule has 166 valence electrons. The van der Waals surface area contributed by atoms with E-state index < -0.39 is 6.04 Å². The third-order valence-electron chi connectivity index (χ3n) is 4.92. The Labute approximate surface area is 180 Å². The summed E-state index contributed by atoms with van der Waals surface area (Å²) in [7, 11) is 0. The maximum atomic E-state index is 13.1. The second kappa shape index (κ2) is 11.2. The van der Waals surface area contributed by atoms with E-state index in [1.165, 1.54) is 18.3 Å². The number of anilines is 2. The number of carbonyl (C=O) groups is 2. The van der Waals surface area contributed by atoms with Crippen LogP contribution in [0.1, 0.15) is 41.6 Å². The number of hydrogen-bond donors (Lipinski definition) is 5. The van der Waals surface area contributed by atoms with Crippen LogP contribution in [0.3, 0.4) is 0 Å². The van der Waals surface area contributed by atoms with Crippen molar-refractivity contribution < 1.29 is 14.0 Å². The number of halogens is 1. The fraction of sp³-hybridized carbons (Fsp3) is 0.429. The van der Waals surface area contributed by atoms with Gasteiger partial charge in [-0.1, -0.05) is 12.1 Å². The van der Waals surface area contributed by atoms with Crippen LogP contribution in [0.4, 0.5) is 16.2 Å². The Morgan fingerprint density at radius 2 is 1.84 bits per heavy atom. The highest BCUT2D eigenvalue weighted by Gasteiger charge is 2.17. The number of nitrogens with one attached hydrogen (secondary N) is 4. The molecule has 0 unspecified atom stereocenters. The Hall–Kier alpha value is -3.27. The molecule has 0 saturated carbocycles. The van der Waals surface area contributed by atoms with Crippen molar-refractivity contribution in [3.8, 4) is 0 Å². The molecule has 2 aromatic rings. The zero-order chi connectivity index (χ0) is 22.1. The molecule has 3 rings (SSSR count). The predicted molar refractivity (Wildman–Crippen MR) is 116 cm³/mol. The molecule has 1 aromatic carbocycles. The van der Waals surface area contributed by atoms with Crippen LogP contribution in [0.15, 0.2) is 30.5 Å². The van der Waals surface area contributed by atoms with E-state index in [-0.39, 0.29) is 29.7 Å². The first kappa shape index (κ1) is 22.4. The van der Waals surface area contributed by atoms with Gasteiger partial charge in [-0.25, -0.2) is 9.37 Å². The normalized spacial score (nSPS) is 17.9. The van der Waals surface area contributed by atoms with Gasteiger partial charge in [0.25, 0.3) is 5.91 Å². The molecule has 9 nitrogen and oxygen atoms in total. The predicted octanol–water partition coefficient (Wildman–Crippen LogP) is 1.39. The van der Waals surface area contributed by atoms with Gasteiger partial charge in [0.2, 0.25) is 11.9 Å². The minimum Gasteiger partial charge on any atom is -0.369 e. The summed E-state index contributed by atoms with van der Waals surface area (Å²) < 4.78 is 13.1. The van der Waals surface area contributed by atoms with Crippen molar-refractivity contribution in [3.63, 3.8) is 0 Å². The number of aromatic nitrogens is 2. The van der Waals surface area contributed by atoms with E-state index in [0.29, 0.717) is 37.8 Å². The molecule has 2 amide bonds. The highest BCUT2D eigenvalue weighted by Crippen LogP contribution is 2.15. The quantitative estimate of drug-likeness (QED) is 0.498. The molecule has 6 N–H and O–H groups in total. The molecule has 1 aromatic heterocycles. The summed E-state index contributed by atoms with van der Waals surface area (Å²) in [6.45, 7) is 1.89. The van der Waals surface area contributed by atoms with Gasteiger partial charge in [-0.15, -0.1) is 0 Å². The number of rotatable bonds is 3. The molecule has 2 bridgehead atoms. The van der Waals surface area contributed by atoms with E-state index in [9.17, 15) is 14.0 Å². The summed E-state index contributed by atoms with van der Waals surface area (Å²) in [5, 5.41) is 11.9. The summed E-state index contributed by atoms with van der Waals surface area (Å²) in [6.07, 6.45) is 4.56. The van der Waals surface area contributed by atoms with Crippen LogP contribution in [0.2, 0.25) is 0 Å². The first-order chi connectivity index (χ1) is 15.0. The molecule has 1 atom stereocenters. The fourth-order valence-electron chi connectivity index (χ4n) is 3.09. The Balaban J connectivity index is 1.70. The summed E-state index contributed by atoms with van der Waals surface area (Å²) in [5.41, 5.74) is 7.00. The van der Waals surface area contributed by atoms with E-state index in [2.05, 4.69) is 31.2 Å². The molecule has 0 aliphatic carbocycles. The lowest BCUT2D eigenvalue weighted by Crippen LogP contribution is -2.42. The first-order valence-corrected chi connectivity index (χ1v) is 10.4. The summed E-state index contributed by atoms with van der Waals surface area (Å²) in [6, 6.07) is 5.25. The van der Waals surface area contributed by atoms with Crippen LogP contribution in [0.5, 0.6) is 0 Å². The van der Waals surface area contributed by atoms with Gasteiger partial charge < -0.3 is 27.0 Å². The molecule has 0 saturated heterocycles. The van der Waals surface area contributed by atoms with E-state index >= 15 is 0 Å². The van der Waals surface area contributed by atoms with E-state index in [1.54, 1.807) is 12.1 Å². The van der Waals surface area contributed by atoms with Crippen LogP contribution >= 0.6 is 0 Å². The van der Waals surface area contributed by atoms with Gasteiger partial charge in [0.05, 0.1) is 6.04 Å². The standard InChI is InChI=1S/C21H28FN7O2/c22-15-6-4-14(5-7-15)12-27-19(30)16-13-28-21-26-10-3-1-2-9-25-20(31)17(23)8-11-24-18(16)29-21/h4-7,13,17H,1-3,8-12,23H2,(H,25,31)(H,27,30)(H2,24,26,28,29)/t17-/m0/s1. The zero-order valence-corrected chi connectivity index (χ0v) is 17.3. The van der Waals surface area contributed by atoms with Crippen molar-refractivity contribution in [1.29, 1.82) is 0 Å². The monoisotopic (exact) mass is 429 g/mol. The van der Waals surface area contributed by atoms with Crippen molar-refractivity contribution in [2.45, 2.75) is 38.3 Å². The van der Waals surface area contributed by atoms with Crippen LogP contribution in [0, 0.1) is 5.82 Å². The van der Waals surface area contributed by atoms with Gasteiger partial charge in [0.15, 0.2) is 0 Å². The van der Waals surface area contributed by atoms with Crippen LogP contribution in [0.25, 0.3) is 0 Å². The third kappa shape index (κ3) is 6.88. The molecule has 1 aliphatic heterocycles. The maximum Gasteiger partial charge on any atom is 0.256 e. The van der Waals surface area contributed by atoms with Crippen molar-refractivity contribution >= 4 is 23.6 Å². The Morgan fingerprint density at radius 3 is 2.61 bits per heavy atom. The van der Waals surface area contributed by atoms with E-state index in [0.717, 1.165) is 24.8 Å². The minimum atomic E-state index is -0.646. The molecular weight excluding hydrogens is 401 g/mol. The number of fused-ring (bicyclic) bond motifs is 2. The number of benzene rings is 1. The maximum absolute atomic E-state index is 13.1. The van der Waals surface area contributed by atoms with Gasteiger partial charge in [-0.3, -0.25) is 9.59 Å². The third-order valence-corrected chi connectivity index (χ3v) is 4.92. The Kier molecular flexibility index (Phi) is 8.11. The lowest BCUT2D eigenvalue weighted by molar-refractivity contribution is -0.122. The molecule has 10 heteroatoms. The number of amides is 2. The number of nitrogens with two attached hydrogens (primary N) is 1. The Bertz CT molecular complexity index is 892. The lowest BCUT2D eigenvalue weighted by atomic mass is 10.2. The van der Waals surface area contributed by atoms with E-state index in [4.69, 9.17) is 5.73 Å². The van der Waals surface area contributed by atoms with Crippen LogP contribution in [-0.2, 0) is 11.3 Å². The lowest BCUT2D eigenvalue weighted by Gasteiger charge is -2.15. The molecular formula is C21H28FN7O2. The highest BCUT2D eigenvalue weighted by molar-refractivity contribution is 5.98. The van der Waals surface area contributed by atoms with Gasteiger partial charge >= 0.3 is 0 Å². The van der Waals surface area contributed by atoms with Crippen molar-refractivity contribution in [2.24, 2.45) is 5.73 Å². The van der Waals surface area contributed by atoms with Crippen molar-refractivity contribution in [1.82, 2.24) is 20.6 Å². The molecule has 0 radical (unpaired) electrons. The van der Waals surface area contributed by atoms with Gasteiger partial charge in [-0.2, -0.15) is 4.98 Å². The molecule has 0 fully saturated rings. The SMILES string of the molecule is N[C@H]1CCNc2nc(ncc2C(=O)NCc2ccc(F)cc2)NCCCCCNC1=O. The smallest absolute Gasteiger partial charge is 0.256 e. The molecule has 1 aliphatic rings. The summed E-state index contributed by atoms with van der Waals surface area (Å²) in [5.74, 6) is -0.100. The van der Waals surface area contributed by atoms with Gasteiger partial charge in [-0.05, 0) is 43.4 Å². The van der Waals surface area contributed by atoms with Crippen molar-refractivity contribution in [2.75, 3.05) is 30.3 Å². The average molecular weight is 430 g/mol. The summed E-state index contributed by atoms with van der Waals surface area (Å²) >= 11 is 0. The number of hydrogen-bond acceptors (Lipinski definition) is 7. The Morgan fingerprint density at radius 1 is 1.10 bits per heavy atom. The first-order valence-electron chi connectivity index (χ1n) is 10.4. The van der Waals surface area contributed by atoms with Gasteiger partial charge in [0, 0.05) is 32.4 Å². The molecule has 0 spiro atoms. The zero-order valence-electron chi connectivity index (χ0n) is 17.3. The second-order valence-electron chi connectivity index (χ2n) is 7.37. The number of carbonyl (C=O) groups excluding carboxylic acids is 2. The summed E-state index contributed by atoms with van der Waals surface area (Å²) in [4.78, 5) is 33.5. The van der Waals surface area contributed by atoms with Crippen LogP contribution < -0.4 is 27.0 Å². The highest BCUT2D eigenvalue weighted by atomic mass is 19.1. The second-order valence-corrected chi connectivity index (χ2v) is 7.37. The van der Waals surface area contributed by atoms with E-state index in [1.807, 2.05) is 0 Å². The largest absolute Gasteiger partial charge is 0.369 e. The molecule has 31 heavy (non-hydrogen) atoms. The average Bonchev–Trinajstić information content (AvgIpc) is 2.77. The van der Waals surface area contributed by atoms with Crippen LogP contribution in [-0.4, -0.2) is 47.5 Å². The van der Waals surface area contributed by atoms with Crippen molar-refractivity contribution in [3.05, 3.63) is 47.4 Å². The topological polar surface area (TPSA) is 134 Å². The molecule has 2 heterocycles. The number of nitrogens with zero attached hydrogens (tertiary/aromatic N) is 2. The minimum absolute atomic E-state index is 0.185. The van der Waals surface area contributed by atoms with Gasteiger partial charge in [0.1, 0.15) is 17.2 Å².